The van der Waals surface area contributed by atoms with E-state index in [4.69, 9.17) is 10.8 Å². The molecular formula is C30H49N5O9S. The number of aliphatic carboxylic acids is 2. The number of hydrogen-bond donors (Lipinski definition) is 8. The van der Waals surface area contributed by atoms with Crippen LogP contribution in [0.3, 0.4) is 0 Å². The van der Waals surface area contributed by atoms with Gasteiger partial charge in [-0.1, -0.05) is 53.5 Å². The number of carbonyl (C=O) groups excluding carboxylic acids is 4. The zero-order valence-corrected chi connectivity index (χ0v) is 27.4. The second-order valence-corrected chi connectivity index (χ2v) is 12.7. The van der Waals surface area contributed by atoms with Crippen molar-refractivity contribution in [1.82, 2.24) is 21.3 Å². The van der Waals surface area contributed by atoms with Crippen LogP contribution in [0.2, 0.25) is 0 Å². The van der Waals surface area contributed by atoms with E-state index in [1.54, 1.807) is 31.4 Å². The van der Waals surface area contributed by atoms with Crippen molar-refractivity contribution in [2.24, 2.45) is 17.6 Å². The fourth-order valence-electron chi connectivity index (χ4n) is 4.52. The molecule has 7 atom stereocenters. The van der Waals surface area contributed by atoms with Crippen molar-refractivity contribution in [2.45, 2.75) is 116 Å². The topological polar surface area (TPSA) is 237 Å². The predicted molar refractivity (Wildman–Crippen MR) is 168 cm³/mol. The van der Waals surface area contributed by atoms with Crippen LogP contribution in [0.1, 0.15) is 78.0 Å². The van der Waals surface area contributed by atoms with Gasteiger partial charge in [-0.2, -0.15) is 0 Å². The maximum atomic E-state index is 13.7. The molecule has 0 aliphatic rings. The lowest BCUT2D eigenvalue weighted by molar-refractivity contribution is -0.144. The average molecular weight is 656 g/mol. The molecule has 1 heterocycles. The highest BCUT2D eigenvalue weighted by Crippen LogP contribution is 2.15. The van der Waals surface area contributed by atoms with Crippen LogP contribution in [0.4, 0.5) is 0 Å². The van der Waals surface area contributed by atoms with E-state index in [1.165, 1.54) is 11.3 Å². The Morgan fingerprint density at radius 1 is 0.867 bits per heavy atom. The van der Waals surface area contributed by atoms with Crippen molar-refractivity contribution in [3.63, 3.8) is 0 Å². The molecule has 1 aromatic heterocycles. The summed E-state index contributed by atoms with van der Waals surface area (Å²) in [5.41, 5.74) is 5.85. The summed E-state index contributed by atoms with van der Waals surface area (Å²) >= 11 is 1.36. The minimum atomic E-state index is -1.77. The number of amides is 4. The third-order valence-electron chi connectivity index (χ3n) is 7.31. The summed E-state index contributed by atoms with van der Waals surface area (Å²) in [7, 11) is 0. The van der Waals surface area contributed by atoms with Gasteiger partial charge in [-0.3, -0.25) is 24.0 Å². The summed E-state index contributed by atoms with van der Waals surface area (Å²) in [6.07, 6.45) is -0.857. The molecule has 0 fully saturated rings. The molecule has 14 nitrogen and oxygen atoms in total. The van der Waals surface area contributed by atoms with Gasteiger partial charge < -0.3 is 42.3 Å². The highest BCUT2D eigenvalue weighted by molar-refractivity contribution is 7.09. The van der Waals surface area contributed by atoms with Gasteiger partial charge in [0.2, 0.25) is 17.7 Å². The molecule has 0 saturated heterocycles. The summed E-state index contributed by atoms with van der Waals surface area (Å²) in [6.45, 7) is 8.96. The number of nitrogens with one attached hydrogen (secondary N) is 4. The molecular weight excluding hydrogens is 606 g/mol. The average Bonchev–Trinajstić information content (AvgIpc) is 3.49. The summed E-state index contributed by atoms with van der Waals surface area (Å²) < 4.78 is 0. The van der Waals surface area contributed by atoms with Crippen LogP contribution in [0.25, 0.3) is 0 Å². The first kappa shape index (κ1) is 39.5. The SMILES string of the molecule is CCC[C@H](NC(=O)[C@H](O)[C@H](CC(C)C)NC(=O)[C@H](Cc1cccs1)NC(=O)[C@@H](NC(=O)[C@@H](N)CCC(=O)O)[C@@H](C)CC)C(=O)O. The van der Waals surface area contributed by atoms with Crippen molar-refractivity contribution < 1.29 is 44.1 Å². The Bertz CT molecular complexity index is 1130. The van der Waals surface area contributed by atoms with Gasteiger partial charge in [0.1, 0.15) is 18.1 Å². The number of aliphatic hydroxyl groups excluding tert-OH is 1. The molecule has 0 aliphatic heterocycles. The Kier molecular flexibility index (Phi) is 17.3. The molecule has 4 amide bonds. The fraction of sp³-hybridized carbons (Fsp3) is 0.667. The van der Waals surface area contributed by atoms with Gasteiger partial charge in [-0.25, -0.2) is 4.79 Å². The second-order valence-electron chi connectivity index (χ2n) is 11.6. The fourth-order valence-corrected chi connectivity index (χ4v) is 5.27. The molecule has 254 valence electrons. The molecule has 45 heavy (non-hydrogen) atoms. The summed E-state index contributed by atoms with van der Waals surface area (Å²) in [5, 5.41) is 41.3. The van der Waals surface area contributed by atoms with Crippen LogP contribution >= 0.6 is 11.3 Å². The number of carbonyl (C=O) groups is 6. The molecule has 0 saturated carbocycles. The van der Waals surface area contributed by atoms with E-state index in [-0.39, 0.29) is 43.9 Å². The quantitative estimate of drug-likeness (QED) is 0.0925. The normalized spacial score (nSPS) is 15.9. The number of aliphatic hydroxyl groups is 1. The third-order valence-corrected chi connectivity index (χ3v) is 8.21. The Balaban J connectivity index is 3.23. The van der Waals surface area contributed by atoms with Crippen molar-refractivity contribution in [3.05, 3.63) is 22.4 Å². The van der Waals surface area contributed by atoms with E-state index in [1.807, 2.05) is 20.8 Å². The third kappa shape index (κ3) is 14.0. The molecule has 0 aliphatic carbocycles. The van der Waals surface area contributed by atoms with Crippen LogP contribution in [-0.4, -0.2) is 87.2 Å². The summed E-state index contributed by atoms with van der Waals surface area (Å²) in [5.74, 6) is -5.82. The Morgan fingerprint density at radius 2 is 1.51 bits per heavy atom. The summed E-state index contributed by atoms with van der Waals surface area (Å²) in [4.78, 5) is 76.0. The number of rotatable bonds is 21. The minimum absolute atomic E-state index is 0.0722. The van der Waals surface area contributed by atoms with Crippen molar-refractivity contribution in [3.8, 4) is 0 Å². The highest BCUT2D eigenvalue weighted by atomic mass is 32.1. The van der Waals surface area contributed by atoms with Gasteiger partial charge in [0.05, 0.1) is 12.1 Å². The van der Waals surface area contributed by atoms with Crippen molar-refractivity contribution in [1.29, 1.82) is 0 Å². The lowest BCUT2D eigenvalue weighted by Gasteiger charge is -2.30. The number of carboxylic acids is 2. The van der Waals surface area contributed by atoms with Crippen LogP contribution in [0.15, 0.2) is 17.5 Å². The van der Waals surface area contributed by atoms with Crippen LogP contribution < -0.4 is 27.0 Å². The number of carboxylic acid groups (broad SMARTS) is 2. The van der Waals surface area contributed by atoms with Gasteiger partial charge in [-0.05, 0) is 42.5 Å². The zero-order valence-electron chi connectivity index (χ0n) is 26.6. The van der Waals surface area contributed by atoms with E-state index >= 15 is 0 Å². The van der Waals surface area contributed by atoms with Crippen molar-refractivity contribution >= 4 is 46.9 Å². The van der Waals surface area contributed by atoms with Crippen LogP contribution in [0.5, 0.6) is 0 Å². The molecule has 0 unspecified atom stereocenters. The Hall–Kier alpha value is -3.56. The van der Waals surface area contributed by atoms with Gasteiger partial charge in [0.15, 0.2) is 6.10 Å². The molecule has 0 bridgehead atoms. The lowest BCUT2D eigenvalue weighted by Crippen LogP contribution is -2.60. The first-order chi connectivity index (χ1) is 21.1. The van der Waals surface area contributed by atoms with Gasteiger partial charge in [0, 0.05) is 17.7 Å². The lowest BCUT2D eigenvalue weighted by atomic mass is 9.96. The smallest absolute Gasteiger partial charge is 0.326 e. The minimum Gasteiger partial charge on any atom is -0.481 e. The highest BCUT2D eigenvalue weighted by Gasteiger charge is 2.35. The van der Waals surface area contributed by atoms with Gasteiger partial charge in [-0.15, -0.1) is 11.3 Å². The predicted octanol–water partition coefficient (Wildman–Crippen LogP) is 0.760. The molecule has 15 heteroatoms. The monoisotopic (exact) mass is 655 g/mol. The van der Waals surface area contributed by atoms with Gasteiger partial charge in [0.25, 0.3) is 5.91 Å². The number of nitrogens with two attached hydrogens (primary N) is 1. The standard InChI is InChI=1S/C30H49N5O9S/c1-6-9-20(30(43)44)32-29(42)25(38)21(14-16(3)4)33-27(40)22(15-18-10-8-13-45-18)34-28(41)24(17(5)7-2)35-26(39)19(31)11-12-23(36)37/h8,10,13,16-17,19-22,24-25,38H,6-7,9,11-12,14-15,31H2,1-5H3,(H,32,42)(H,33,40)(H,34,41)(H,35,39)(H,36,37)(H,43,44)/t17-,19-,20-,21-,22-,24-,25+/m0/s1. The second kappa shape index (κ2) is 19.7. The molecule has 0 radical (unpaired) electrons. The van der Waals surface area contributed by atoms with Crippen LogP contribution in [0, 0.1) is 11.8 Å². The molecule has 9 N–H and O–H groups in total. The molecule has 1 aromatic rings. The molecule has 0 spiro atoms. The summed E-state index contributed by atoms with van der Waals surface area (Å²) in [6, 6.07) is -2.17. The maximum absolute atomic E-state index is 13.7. The van der Waals surface area contributed by atoms with Gasteiger partial charge >= 0.3 is 11.9 Å². The first-order valence-corrected chi connectivity index (χ1v) is 16.1. The Labute approximate surface area is 267 Å². The van der Waals surface area contributed by atoms with Crippen molar-refractivity contribution in [2.75, 3.05) is 0 Å². The van der Waals surface area contributed by atoms with E-state index in [0.29, 0.717) is 12.8 Å². The molecule has 0 aromatic carbocycles. The van der Waals surface area contributed by atoms with E-state index < -0.39 is 71.9 Å². The molecule has 1 rings (SSSR count). The number of hydrogen-bond acceptors (Lipinski definition) is 9. The maximum Gasteiger partial charge on any atom is 0.326 e. The van der Waals surface area contributed by atoms with E-state index in [0.717, 1.165) is 4.88 Å². The Morgan fingerprint density at radius 3 is 2.02 bits per heavy atom. The largest absolute Gasteiger partial charge is 0.481 e. The first-order valence-electron chi connectivity index (χ1n) is 15.2. The van der Waals surface area contributed by atoms with Crippen LogP contribution in [-0.2, 0) is 35.2 Å². The van der Waals surface area contributed by atoms with E-state index in [9.17, 15) is 39.0 Å². The van der Waals surface area contributed by atoms with E-state index in [2.05, 4.69) is 21.3 Å². The number of thiophene rings is 1. The zero-order chi connectivity index (χ0) is 34.3.